The summed E-state index contributed by atoms with van der Waals surface area (Å²) in [5.74, 6) is 2.06. The van der Waals surface area contributed by atoms with Crippen molar-refractivity contribution < 1.29 is 0 Å². The summed E-state index contributed by atoms with van der Waals surface area (Å²) in [6.07, 6.45) is 3.68. The van der Waals surface area contributed by atoms with Gasteiger partial charge < -0.3 is 5.32 Å². The molecule has 4 nitrogen and oxygen atoms in total. The van der Waals surface area contributed by atoms with Gasteiger partial charge in [-0.2, -0.15) is 0 Å². The van der Waals surface area contributed by atoms with E-state index in [-0.39, 0.29) is 0 Å². The van der Waals surface area contributed by atoms with Gasteiger partial charge in [0.05, 0.1) is 5.39 Å². The molecule has 3 heterocycles. The molecule has 0 aliphatic carbocycles. The van der Waals surface area contributed by atoms with Crippen molar-refractivity contribution in [2.45, 2.75) is 26.3 Å². The van der Waals surface area contributed by atoms with Crippen molar-refractivity contribution in [2.24, 2.45) is 0 Å². The van der Waals surface area contributed by atoms with E-state index in [4.69, 9.17) is 9.97 Å². The number of pyridine rings is 1. The second-order valence-corrected chi connectivity index (χ2v) is 8.96. The number of nitrogens with one attached hydrogen (secondary N) is 1. The Balaban J connectivity index is 1.43. The largest absolute Gasteiger partial charge is 0.365 e. The molecule has 5 aromatic rings. The molecular formula is C27H24N4S. The van der Waals surface area contributed by atoms with Crippen LogP contribution in [0.4, 0.5) is 5.82 Å². The van der Waals surface area contributed by atoms with E-state index in [9.17, 15) is 0 Å². The minimum absolute atomic E-state index is 0.406. The lowest BCUT2D eigenvalue weighted by Crippen LogP contribution is -2.04. The van der Waals surface area contributed by atoms with Gasteiger partial charge in [-0.15, -0.1) is 11.3 Å². The Kier molecular flexibility index (Phi) is 5.65. The number of benzene rings is 2. The zero-order valence-corrected chi connectivity index (χ0v) is 18.9. The highest BCUT2D eigenvalue weighted by Gasteiger charge is 2.14. The fourth-order valence-electron chi connectivity index (χ4n) is 3.85. The standard InChI is InChI=1S/C27H24N4S/c1-18(2)22-7-3-4-8-23(22)26-30-25(24-13-15-32-27(24)31-26)29-16-19-9-11-20(12-10-19)21-6-5-14-28-17-21/h3-15,17-18H,16H2,1-2H3,(H,29,30,31). The molecule has 0 bridgehead atoms. The topological polar surface area (TPSA) is 50.7 Å². The van der Waals surface area contributed by atoms with Crippen molar-refractivity contribution in [3.63, 3.8) is 0 Å². The molecule has 0 radical (unpaired) electrons. The molecule has 1 N–H and O–H groups in total. The molecule has 0 spiro atoms. The van der Waals surface area contributed by atoms with Crippen LogP contribution in [0.15, 0.2) is 84.5 Å². The van der Waals surface area contributed by atoms with Crippen molar-refractivity contribution >= 4 is 27.4 Å². The highest BCUT2D eigenvalue weighted by atomic mass is 32.1. The van der Waals surface area contributed by atoms with E-state index in [0.29, 0.717) is 12.5 Å². The summed E-state index contributed by atoms with van der Waals surface area (Å²) < 4.78 is 0. The van der Waals surface area contributed by atoms with Gasteiger partial charge in [-0.05, 0) is 45.7 Å². The van der Waals surface area contributed by atoms with Gasteiger partial charge in [0, 0.05) is 24.5 Å². The number of rotatable bonds is 6. The van der Waals surface area contributed by atoms with E-state index in [1.807, 2.05) is 12.3 Å². The van der Waals surface area contributed by atoms with Crippen LogP contribution in [0.5, 0.6) is 0 Å². The fraction of sp³-hybridized carbons (Fsp3) is 0.148. The molecular weight excluding hydrogens is 412 g/mol. The highest BCUT2D eigenvalue weighted by Crippen LogP contribution is 2.32. The normalized spacial score (nSPS) is 11.2. The second-order valence-electron chi connectivity index (χ2n) is 8.07. The SMILES string of the molecule is CC(C)c1ccccc1-c1nc(NCc2ccc(-c3cccnc3)cc2)c2ccsc2n1. The molecule has 3 aromatic heterocycles. The average molecular weight is 437 g/mol. The molecule has 0 saturated heterocycles. The maximum absolute atomic E-state index is 4.94. The summed E-state index contributed by atoms with van der Waals surface area (Å²) >= 11 is 1.65. The number of thiophene rings is 1. The van der Waals surface area contributed by atoms with Crippen LogP contribution in [0.3, 0.4) is 0 Å². The summed E-state index contributed by atoms with van der Waals surface area (Å²) in [6, 6.07) is 23.1. The molecule has 0 aliphatic heterocycles. The maximum Gasteiger partial charge on any atom is 0.163 e. The minimum Gasteiger partial charge on any atom is -0.365 e. The first kappa shape index (κ1) is 20.3. The van der Waals surface area contributed by atoms with Crippen LogP contribution in [0.2, 0.25) is 0 Å². The number of anilines is 1. The van der Waals surface area contributed by atoms with Crippen molar-refractivity contribution in [1.29, 1.82) is 0 Å². The van der Waals surface area contributed by atoms with Gasteiger partial charge in [0.15, 0.2) is 5.82 Å². The Bertz CT molecular complexity index is 1340. The molecule has 32 heavy (non-hydrogen) atoms. The van der Waals surface area contributed by atoms with E-state index < -0.39 is 0 Å². The molecule has 0 saturated carbocycles. The van der Waals surface area contributed by atoms with Gasteiger partial charge in [0.1, 0.15) is 10.6 Å². The van der Waals surface area contributed by atoms with Gasteiger partial charge in [-0.25, -0.2) is 9.97 Å². The van der Waals surface area contributed by atoms with Crippen molar-refractivity contribution in [1.82, 2.24) is 15.0 Å². The predicted octanol–water partition coefficient (Wildman–Crippen LogP) is 7.16. The first-order valence-corrected chi connectivity index (χ1v) is 11.6. The van der Waals surface area contributed by atoms with Crippen LogP contribution in [-0.4, -0.2) is 15.0 Å². The Labute approximate surface area is 192 Å². The summed E-state index contributed by atoms with van der Waals surface area (Å²) in [6.45, 7) is 5.11. The molecule has 5 heteroatoms. The lowest BCUT2D eigenvalue weighted by atomic mass is 9.97. The first-order chi connectivity index (χ1) is 15.7. The monoisotopic (exact) mass is 436 g/mol. The number of hydrogen-bond acceptors (Lipinski definition) is 5. The zero-order chi connectivity index (χ0) is 21.9. The lowest BCUT2D eigenvalue weighted by Gasteiger charge is -2.14. The molecule has 2 aromatic carbocycles. The molecule has 0 aliphatic rings. The average Bonchev–Trinajstić information content (AvgIpc) is 3.32. The van der Waals surface area contributed by atoms with E-state index in [1.165, 1.54) is 11.1 Å². The van der Waals surface area contributed by atoms with Crippen LogP contribution < -0.4 is 5.32 Å². The highest BCUT2D eigenvalue weighted by molar-refractivity contribution is 7.16. The zero-order valence-electron chi connectivity index (χ0n) is 18.1. The van der Waals surface area contributed by atoms with Crippen molar-refractivity contribution in [3.8, 4) is 22.5 Å². The summed E-state index contributed by atoms with van der Waals surface area (Å²) in [4.78, 5) is 15.0. The Morgan fingerprint density at radius 3 is 2.50 bits per heavy atom. The van der Waals surface area contributed by atoms with Gasteiger partial charge in [0.25, 0.3) is 0 Å². The molecule has 0 atom stereocenters. The van der Waals surface area contributed by atoms with E-state index >= 15 is 0 Å². The molecule has 5 rings (SSSR count). The fourth-order valence-corrected chi connectivity index (χ4v) is 4.61. The predicted molar refractivity (Wildman–Crippen MR) is 134 cm³/mol. The molecule has 0 fully saturated rings. The molecule has 0 unspecified atom stereocenters. The Morgan fingerprint density at radius 1 is 0.875 bits per heavy atom. The lowest BCUT2D eigenvalue weighted by molar-refractivity contribution is 0.866. The Morgan fingerprint density at radius 2 is 1.72 bits per heavy atom. The van der Waals surface area contributed by atoms with Gasteiger partial charge in [0.2, 0.25) is 0 Å². The summed E-state index contributed by atoms with van der Waals surface area (Å²) in [5.41, 5.74) is 5.85. The van der Waals surface area contributed by atoms with Crippen molar-refractivity contribution in [2.75, 3.05) is 5.32 Å². The quantitative estimate of drug-likeness (QED) is 0.307. The van der Waals surface area contributed by atoms with Crippen LogP contribution in [-0.2, 0) is 6.54 Å². The molecule has 158 valence electrons. The molecule has 0 amide bonds. The third-order valence-electron chi connectivity index (χ3n) is 5.56. The van der Waals surface area contributed by atoms with E-state index in [1.54, 1.807) is 17.5 Å². The van der Waals surface area contributed by atoms with Gasteiger partial charge in [-0.1, -0.05) is 68.4 Å². The number of aromatic nitrogens is 3. The third kappa shape index (κ3) is 4.12. The maximum atomic E-state index is 4.94. The summed E-state index contributed by atoms with van der Waals surface area (Å²) in [7, 11) is 0. The minimum atomic E-state index is 0.406. The van der Waals surface area contributed by atoms with Crippen LogP contribution in [0.1, 0.15) is 30.9 Å². The second kappa shape index (κ2) is 8.89. The van der Waals surface area contributed by atoms with E-state index in [2.05, 4.69) is 90.2 Å². The van der Waals surface area contributed by atoms with Gasteiger partial charge in [-0.3, -0.25) is 4.98 Å². The van der Waals surface area contributed by atoms with Crippen LogP contribution in [0.25, 0.3) is 32.7 Å². The number of nitrogens with zero attached hydrogens (tertiary/aromatic N) is 3. The number of fused-ring (bicyclic) bond motifs is 1. The third-order valence-corrected chi connectivity index (χ3v) is 6.36. The summed E-state index contributed by atoms with van der Waals surface area (Å²) in [5, 5.41) is 6.69. The smallest absolute Gasteiger partial charge is 0.163 e. The Hall–Kier alpha value is -3.57. The number of hydrogen-bond donors (Lipinski definition) is 1. The van der Waals surface area contributed by atoms with Gasteiger partial charge >= 0.3 is 0 Å². The van der Waals surface area contributed by atoms with Crippen molar-refractivity contribution in [3.05, 3.63) is 95.6 Å². The van der Waals surface area contributed by atoms with Crippen LogP contribution in [0, 0.1) is 0 Å². The van der Waals surface area contributed by atoms with E-state index in [0.717, 1.165) is 38.5 Å². The first-order valence-electron chi connectivity index (χ1n) is 10.8. The van der Waals surface area contributed by atoms with Crippen LogP contribution >= 0.6 is 11.3 Å².